The minimum atomic E-state index is 0.0308. The molecule has 0 fully saturated rings. The summed E-state index contributed by atoms with van der Waals surface area (Å²) >= 11 is 0. The fourth-order valence-electron chi connectivity index (χ4n) is 3.18. The van der Waals surface area contributed by atoms with Crippen LogP contribution in [0.1, 0.15) is 34.6 Å². The molecule has 0 heterocycles. The molecule has 0 atom stereocenters. The first-order valence-electron chi connectivity index (χ1n) is 9.00. The van der Waals surface area contributed by atoms with Gasteiger partial charge in [0.1, 0.15) is 0 Å². The third-order valence-electron chi connectivity index (χ3n) is 4.71. The topological polar surface area (TPSA) is 44.1 Å². The zero-order valence-electron chi connectivity index (χ0n) is 15.4. The van der Waals surface area contributed by atoms with Gasteiger partial charge in [0.05, 0.1) is 11.6 Å². The first kappa shape index (κ1) is 18.4. The lowest BCUT2D eigenvalue weighted by Crippen LogP contribution is -2.27. The summed E-state index contributed by atoms with van der Waals surface area (Å²) in [6, 6.07) is 29.8. The van der Waals surface area contributed by atoms with Crippen LogP contribution in [-0.2, 0) is 11.3 Å². The summed E-state index contributed by atoms with van der Waals surface area (Å²) in [6.07, 6.45) is 0.417. The molecular weight excluding hydrogens is 332 g/mol. The molecule has 0 saturated heterocycles. The summed E-state index contributed by atoms with van der Waals surface area (Å²) in [7, 11) is 1.83. The van der Waals surface area contributed by atoms with Crippen molar-refractivity contribution in [2.75, 3.05) is 7.05 Å². The number of hydrogen-bond donors (Lipinski definition) is 0. The SMILES string of the molecule is CN(Cc1ccc(C#N)cc1)C(=O)CC(c1ccccc1)c1ccccc1. The van der Waals surface area contributed by atoms with Gasteiger partial charge in [0.25, 0.3) is 0 Å². The molecule has 27 heavy (non-hydrogen) atoms. The highest BCUT2D eigenvalue weighted by atomic mass is 16.2. The number of carbonyl (C=O) groups is 1. The van der Waals surface area contributed by atoms with E-state index in [1.54, 1.807) is 17.0 Å². The van der Waals surface area contributed by atoms with E-state index in [1.165, 1.54) is 0 Å². The van der Waals surface area contributed by atoms with Gasteiger partial charge in [-0.3, -0.25) is 4.79 Å². The molecule has 0 spiro atoms. The van der Waals surface area contributed by atoms with E-state index in [0.717, 1.165) is 16.7 Å². The normalized spacial score (nSPS) is 10.4. The van der Waals surface area contributed by atoms with E-state index in [4.69, 9.17) is 5.26 Å². The highest BCUT2D eigenvalue weighted by Gasteiger charge is 2.20. The minimum absolute atomic E-state index is 0.0308. The average Bonchev–Trinajstić information content (AvgIpc) is 2.73. The lowest BCUT2D eigenvalue weighted by atomic mass is 9.88. The average molecular weight is 354 g/mol. The van der Waals surface area contributed by atoms with Crippen LogP contribution in [0.25, 0.3) is 0 Å². The van der Waals surface area contributed by atoms with Gasteiger partial charge in [-0.25, -0.2) is 0 Å². The molecular formula is C24H22N2O. The Bertz CT molecular complexity index is 873. The van der Waals surface area contributed by atoms with Crippen molar-refractivity contribution in [2.24, 2.45) is 0 Å². The van der Waals surface area contributed by atoms with Crippen LogP contribution in [0.5, 0.6) is 0 Å². The van der Waals surface area contributed by atoms with Crippen LogP contribution in [0.4, 0.5) is 0 Å². The summed E-state index contributed by atoms with van der Waals surface area (Å²) in [4.78, 5) is 14.7. The summed E-state index contributed by atoms with van der Waals surface area (Å²) < 4.78 is 0. The van der Waals surface area contributed by atoms with Crippen molar-refractivity contribution in [1.29, 1.82) is 5.26 Å². The Morgan fingerprint density at radius 1 is 0.889 bits per heavy atom. The Balaban J connectivity index is 1.74. The molecule has 0 aliphatic rings. The van der Waals surface area contributed by atoms with Crippen LogP contribution in [-0.4, -0.2) is 17.9 Å². The number of hydrogen-bond acceptors (Lipinski definition) is 2. The third-order valence-corrected chi connectivity index (χ3v) is 4.71. The van der Waals surface area contributed by atoms with Crippen molar-refractivity contribution in [3.05, 3.63) is 107 Å². The first-order chi connectivity index (χ1) is 13.2. The van der Waals surface area contributed by atoms with E-state index in [1.807, 2.05) is 55.6 Å². The van der Waals surface area contributed by atoms with E-state index in [-0.39, 0.29) is 11.8 Å². The fourth-order valence-corrected chi connectivity index (χ4v) is 3.18. The quantitative estimate of drug-likeness (QED) is 0.642. The second-order valence-corrected chi connectivity index (χ2v) is 6.64. The maximum absolute atomic E-state index is 12.9. The zero-order chi connectivity index (χ0) is 19.1. The minimum Gasteiger partial charge on any atom is -0.341 e. The molecule has 0 aliphatic heterocycles. The van der Waals surface area contributed by atoms with Crippen molar-refractivity contribution in [2.45, 2.75) is 18.9 Å². The summed E-state index contributed by atoms with van der Waals surface area (Å²) in [5.74, 6) is 0.125. The van der Waals surface area contributed by atoms with Crippen molar-refractivity contribution < 1.29 is 4.79 Å². The second kappa shape index (κ2) is 8.82. The molecule has 134 valence electrons. The van der Waals surface area contributed by atoms with Gasteiger partial charge in [-0.1, -0.05) is 72.8 Å². The molecule has 3 heteroatoms. The summed E-state index contributed by atoms with van der Waals surface area (Å²) in [5.41, 5.74) is 3.93. The van der Waals surface area contributed by atoms with Gasteiger partial charge < -0.3 is 4.90 Å². The van der Waals surface area contributed by atoms with E-state index < -0.39 is 0 Å². The Hall–Kier alpha value is -3.38. The van der Waals surface area contributed by atoms with Gasteiger partial charge >= 0.3 is 0 Å². The van der Waals surface area contributed by atoms with Crippen molar-refractivity contribution in [3.63, 3.8) is 0 Å². The summed E-state index contributed by atoms with van der Waals surface area (Å²) in [5, 5.41) is 8.90. The zero-order valence-corrected chi connectivity index (χ0v) is 15.4. The van der Waals surface area contributed by atoms with E-state index in [9.17, 15) is 4.79 Å². The van der Waals surface area contributed by atoms with Crippen LogP contribution < -0.4 is 0 Å². The molecule has 0 unspecified atom stereocenters. The number of benzene rings is 3. The number of nitriles is 1. The van der Waals surface area contributed by atoms with Crippen LogP contribution in [0, 0.1) is 11.3 Å². The van der Waals surface area contributed by atoms with E-state index in [2.05, 4.69) is 30.3 Å². The van der Waals surface area contributed by atoms with Crippen LogP contribution in [0.2, 0.25) is 0 Å². The largest absolute Gasteiger partial charge is 0.341 e. The highest BCUT2D eigenvalue weighted by Crippen LogP contribution is 2.28. The standard InChI is InChI=1S/C24H22N2O/c1-26(18-20-14-12-19(17-25)13-15-20)24(27)16-23(21-8-4-2-5-9-21)22-10-6-3-7-11-22/h2-15,23H,16,18H2,1H3. The van der Waals surface area contributed by atoms with Crippen molar-refractivity contribution in [3.8, 4) is 6.07 Å². The van der Waals surface area contributed by atoms with E-state index in [0.29, 0.717) is 18.5 Å². The predicted octanol–water partition coefficient (Wildman–Crippen LogP) is 4.74. The fraction of sp³-hybridized carbons (Fsp3) is 0.167. The first-order valence-corrected chi connectivity index (χ1v) is 9.00. The lowest BCUT2D eigenvalue weighted by molar-refractivity contribution is -0.130. The molecule has 1 amide bonds. The van der Waals surface area contributed by atoms with Gasteiger partial charge in [0.15, 0.2) is 0 Å². The highest BCUT2D eigenvalue weighted by molar-refractivity contribution is 5.77. The molecule has 3 nitrogen and oxygen atoms in total. The molecule has 0 radical (unpaired) electrons. The number of amides is 1. The third kappa shape index (κ3) is 4.83. The monoisotopic (exact) mass is 354 g/mol. The maximum atomic E-state index is 12.9. The molecule has 0 saturated carbocycles. The molecule has 3 aromatic rings. The molecule has 3 aromatic carbocycles. The second-order valence-electron chi connectivity index (χ2n) is 6.64. The van der Waals surface area contributed by atoms with Gasteiger partial charge in [-0.05, 0) is 28.8 Å². The molecule has 0 aliphatic carbocycles. The van der Waals surface area contributed by atoms with Crippen LogP contribution in [0.15, 0.2) is 84.9 Å². The van der Waals surface area contributed by atoms with Gasteiger partial charge in [-0.2, -0.15) is 5.26 Å². The van der Waals surface area contributed by atoms with Crippen molar-refractivity contribution in [1.82, 2.24) is 4.90 Å². The van der Waals surface area contributed by atoms with Gasteiger partial charge in [0.2, 0.25) is 5.91 Å². The Labute approximate surface area is 160 Å². The Kier molecular flexibility index (Phi) is 6.02. The number of carbonyl (C=O) groups excluding carboxylic acids is 1. The van der Waals surface area contributed by atoms with Crippen LogP contribution in [0.3, 0.4) is 0 Å². The smallest absolute Gasteiger partial charge is 0.223 e. The molecule has 0 N–H and O–H groups in total. The summed E-state index contributed by atoms with van der Waals surface area (Å²) in [6.45, 7) is 0.529. The van der Waals surface area contributed by atoms with Gasteiger partial charge in [0, 0.05) is 25.9 Å². The maximum Gasteiger partial charge on any atom is 0.223 e. The van der Waals surface area contributed by atoms with Gasteiger partial charge in [-0.15, -0.1) is 0 Å². The Morgan fingerprint density at radius 2 is 1.41 bits per heavy atom. The predicted molar refractivity (Wildman–Crippen MR) is 107 cm³/mol. The number of nitrogens with zero attached hydrogens (tertiary/aromatic N) is 2. The molecule has 3 rings (SSSR count). The molecule has 0 aromatic heterocycles. The lowest BCUT2D eigenvalue weighted by Gasteiger charge is -2.22. The van der Waals surface area contributed by atoms with E-state index >= 15 is 0 Å². The molecule has 0 bridgehead atoms. The Morgan fingerprint density at radius 3 is 1.89 bits per heavy atom. The van der Waals surface area contributed by atoms with Crippen molar-refractivity contribution >= 4 is 5.91 Å². The number of rotatable bonds is 6. The van der Waals surface area contributed by atoms with Crippen LogP contribution >= 0.6 is 0 Å².